The molecule has 0 amide bonds. The van der Waals surface area contributed by atoms with E-state index in [-0.39, 0.29) is 0 Å². The average Bonchev–Trinajstić information content (AvgIpc) is 3.31. The summed E-state index contributed by atoms with van der Waals surface area (Å²) in [6.07, 6.45) is 3.26. The fraction of sp³-hybridized carbons (Fsp3) is 0.306. The largest absolute Gasteiger partial charge is 0.497 e. The highest BCUT2D eigenvalue weighted by molar-refractivity contribution is 8.00. The number of rotatable bonds is 12. The fourth-order valence-corrected chi connectivity index (χ4v) is 7.33. The van der Waals surface area contributed by atoms with Gasteiger partial charge in [-0.05, 0) is 66.9 Å². The van der Waals surface area contributed by atoms with E-state index in [0.717, 1.165) is 45.6 Å². The van der Waals surface area contributed by atoms with Crippen molar-refractivity contribution in [1.82, 2.24) is 9.55 Å². The first-order chi connectivity index (χ1) is 22.1. The minimum Gasteiger partial charge on any atom is -0.497 e. The van der Waals surface area contributed by atoms with E-state index in [1.54, 1.807) is 13.3 Å². The Hall–Kier alpha value is -4.21. The van der Waals surface area contributed by atoms with Gasteiger partial charge in [0, 0.05) is 55.4 Å². The number of fused-ring (bicyclic) bond motifs is 1. The Bertz CT molecular complexity index is 1940. The number of benzene rings is 3. The molecular weight excluding hydrogens is 622 g/mol. The highest BCUT2D eigenvalue weighted by Gasteiger charge is 2.31. The molecule has 8 nitrogen and oxygen atoms in total. The Morgan fingerprint density at radius 1 is 1.15 bits per heavy atom. The summed E-state index contributed by atoms with van der Waals surface area (Å²) >= 11 is 8.11. The molecule has 1 aliphatic heterocycles. The first-order valence-corrected chi connectivity index (χ1v) is 16.4. The third kappa shape index (κ3) is 6.95. The molecule has 10 heteroatoms. The molecule has 0 aliphatic carbocycles. The van der Waals surface area contributed by atoms with E-state index in [1.165, 1.54) is 21.5 Å². The second-order valence-electron chi connectivity index (χ2n) is 12.3. The first kappa shape index (κ1) is 31.8. The number of pyridine rings is 1. The van der Waals surface area contributed by atoms with E-state index in [1.807, 2.05) is 48.2 Å². The zero-order chi connectivity index (χ0) is 32.4. The molecule has 46 heavy (non-hydrogen) atoms. The van der Waals surface area contributed by atoms with Crippen LogP contribution in [0.5, 0.6) is 11.5 Å². The SMILES string of the molecule is COc1ccc2nc(COc3ccc4c5c3CC(C)Sc5c(CC(C)(C)C=NOCC(=O)O)n4Cc3ccc(Cl)cc3)ccc2c1. The highest BCUT2D eigenvalue weighted by Crippen LogP contribution is 2.48. The van der Waals surface area contributed by atoms with Crippen LogP contribution in [0.4, 0.5) is 0 Å². The number of halogens is 1. The lowest BCUT2D eigenvalue weighted by Crippen LogP contribution is -2.21. The number of ether oxygens (including phenoxy) is 2. The van der Waals surface area contributed by atoms with Crippen molar-refractivity contribution in [3.63, 3.8) is 0 Å². The third-order valence-electron chi connectivity index (χ3n) is 8.04. The van der Waals surface area contributed by atoms with Gasteiger partial charge in [-0.3, -0.25) is 0 Å². The summed E-state index contributed by atoms with van der Waals surface area (Å²) in [5, 5.41) is 16.2. The quantitative estimate of drug-likeness (QED) is 0.107. The van der Waals surface area contributed by atoms with Gasteiger partial charge in [-0.25, -0.2) is 9.78 Å². The summed E-state index contributed by atoms with van der Waals surface area (Å²) in [5.41, 5.74) is 6.04. The molecule has 0 saturated carbocycles. The number of methoxy groups -OCH3 is 1. The highest BCUT2D eigenvalue weighted by atomic mass is 35.5. The summed E-state index contributed by atoms with van der Waals surface area (Å²) in [6, 6.07) is 22.1. The first-order valence-electron chi connectivity index (χ1n) is 15.1. The standard InChI is InChI=1S/C36H36ClN3O5S/c1-22-15-28-32(44-19-26-10-7-24-16-27(43-4)11-12-29(24)39-26)14-13-30-34(28)35(46-22)31(17-36(2,3)21-38-45-20-33(41)42)40(30)18-23-5-8-25(37)9-6-23/h5-14,16,21-22H,15,17-20H2,1-4H3,(H,41,42). The van der Waals surface area contributed by atoms with Crippen LogP contribution in [0.2, 0.25) is 5.02 Å². The Kier molecular flexibility index (Phi) is 9.15. The number of hydrogen-bond donors (Lipinski definition) is 1. The number of carbonyl (C=O) groups is 1. The zero-order valence-electron chi connectivity index (χ0n) is 26.2. The molecule has 1 N–H and O–H groups in total. The van der Waals surface area contributed by atoms with Crippen LogP contribution in [-0.2, 0) is 35.6 Å². The molecule has 0 saturated heterocycles. The number of thioether (sulfide) groups is 1. The molecule has 3 aromatic carbocycles. The van der Waals surface area contributed by atoms with Crippen LogP contribution < -0.4 is 9.47 Å². The number of nitrogens with zero attached hydrogens (tertiary/aromatic N) is 3. The van der Waals surface area contributed by atoms with Crippen LogP contribution in [-0.4, -0.2) is 45.8 Å². The van der Waals surface area contributed by atoms with Crippen molar-refractivity contribution in [2.75, 3.05) is 13.7 Å². The van der Waals surface area contributed by atoms with E-state index < -0.39 is 18.0 Å². The van der Waals surface area contributed by atoms with Crippen molar-refractivity contribution in [3.05, 3.63) is 94.3 Å². The van der Waals surface area contributed by atoms with E-state index in [0.29, 0.717) is 29.8 Å². The van der Waals surface area contributed by atoms with Crippen molar-refractivity contribution in [3.8, 4) is 11.5 Å². The Balaban J connectivity index is 1.37. The fourth-order valence-electron chi connectivity index (χ4n) is 5.89. The molecule has 2 aromatic heterocycles. The van der Waals surface area contributed by atoms with Crippen LogP contribution in [0.3, 0.4) is 0 Å². The Labute approximate surface area is 277 Å². The molecule has 1 unspecified atom stereocenters. The number of carboxylic acids is 1. The third-order valence-corrected chi connectivity index (χ3v) is 9.53. The lowest BCUT2D eigenvalue weighted by Gasteiger charge is -2.24. The van der Waals surface area contributed by atoms with Crippen molar-refractivity contribution in [2.45, 2.75) is 56.9 Å². The maximum Gasteiger partial charge on any atom is 0.344 e. The van der Waals surface area contributed by atoms with Crippen LogP contribution in [0, 0.1) is 5.41 Å². The molecule has 0 fully saturated rings. The van der Waals surface area contributed by atoms with Gasteiger partial charge in [0.05, 0.1) is 23.8 Å². The van der Waals surface area contributed by atoms with Crippen molar-refractivity contribution in [1.29, 1.82) is 0 Å². The molecule has 238 valence electrons. The van der Waals surface area contributed by atoms with Crippen molar-refractivity contribution < 1.29 is 24.2 Å². The van der Waals surface area contributed by atoms with Crippen molar-refractivity contribution >= 4 is 57.4 Å². The maximum absolute atomic E-state index is 10.9. The lowest BCUT2D eigenvalue weighted by atomic mass is 9.89. The van der Waals surface area contributed by atoms with Crippen LogP contribution in [0.25, 0.3) is 21.8 Å². The molecule has 0 spiro atoms. The van der Waals surface area contributed by atoms with Gasteiger partial charge in [0.1, 0.15) is 18.1 Å². The van der Waals surface area contributed by atoms with Gasteiger partial charge in [0.15, 0.2) is 0 Å². The van der Waals surface area contributed by atoms with E-state index >= 15 is 0 Å². The maximum atomic E-state index is 10.9. The van der Waals surface area contributed by atoms with Crippen LogP contribution in [0.15, 0.2) is 76.8 Å². The molecule has 1 aliphatic rings. The van der Waals surface area contributed by atoms with Gasteiger partial charge >= 0.3 is 5.97 Å². The summed E-state index contributed by atoms with van der Waals surface area (Å²) < 4.78 is 14.3. The topological polar surface area (TPSA) is 95.2 Å². The minimum atomic E-state index is -1.06. The normalized spacial score (nSPS) is 14.7. The minimum absolute atomic E-state index is 0.343. The predicted octanol–water partition coefficient (Wildman–Crippen LogP) is 8.17. The Morgan fingerprint density at radius 3 is 2.72 bits per heavy atom. The van der Waals surface area contributed by atoms with Gasteiger partial charge in [-0.1, -0.05) is 55.7 Å². The van der Waals surface area contributed by atoms with Gasteiger partial charge in [0.25, 0.3) is 0 Å². The number of aliphatic carboxylic acids is 1. The molecule has 0 radical (unpaired) electrons. The number of oxime groups is 1. The molecule has 3 heterocycles. The molecule has 5 aromatic rings. The van der Waals surface area contributed by atoms with Gasteiger partial charge in [-0.2, -0.15) is 0 Å². The van der Waals surface area contributed by atoms with Crippen molar-refractivity contribution in [2.24, 2.45) is 10.6 Å². The average molecular weight is 658 g/mol. The Morgan fingerprint density at radius 2 is 1.96 bits per heavy atom. The summed E-state index contributed by atoms with van der Waals surface area (Å²) in [7, 11) is 1.66. The second kappa shape index (κ2) is 13.3. The van der Waals surface area contributed by atoms with E-state index in [9.17, 15) is 4.79 Å². The van der Waals surface area contributed by atoms with Gasteiger partial charge in [-0.15, -0.1) is 11.8 Å². The van der Waals surface area contributed by atoms with Gasteiger partial charge < -0.3 is 24.0 Å². The number of hydrogen-bond acceptors (Lipinski definition) is 7. The van der Waals surface area contributed by atoms with Crippen LogP contribution >= 0.6 is 23.4 Å². The number of aromatic nitrogens is 2. The predicted molar refractivity (Wildman–Crippen MR) is 184 cm³/mol. The van der Waals surface area contributed by atoms with Gasteiger partial charge in [0.2, 0.25) is 6.61 Å². The lowest BCUT2D eigenvalue weighted by molar-refractivity contribution is -0.142. The summed E-state index contributed by atoms with van der Waals surface area (Å²) in [5.74, 6) is 0.615. The molecular formula is C36H36ClN3O5S. The molecule has 0 bridgehead atoms. The summed E-state index contributed by atoms with van der Waals surface area (Å²) in [4.78, 5) is 22.0. The number of carboxylic acid groups (broad SMARTS) is 1. The van der Waals surface area contributed by atoms with Crippen LogP contribution in [0.1, 0.15) is 43.3 Å². The zero-order valence-corrected chi connectivity index (χ0v) is 27.8. The van der Waals surface area contributed by atoms with E-state index in [2.05, 4.69) is 60.8 Å². The molecule has 6 rings (SSSR count). The summed E-state index contributed by atoms with van der Waals surface area (Å²) in [6.45, 7) is 6.97. The second-order valence-corrected chi connectivity index (χ2v) is 14.2. The smallest absolute Gasteiger partial charge is 0.344 e. The molecule has 1 atom stereocenters. The van der Waals surface area contributed by atoms with E-state index in [4.69, 9.17) is 36.0 Å². The monoisotopic (exact) mass is 657 g/mol.